The zero-order valence-electron chi connectivity index (χ0n) is 13.3. The molecule has 2 aliphatic carbocycles. The van der Waals surface area contributed by atoms with Gasteiger partial charge in [0, 0.05) is 17.3 Å². The van der Waals surface area contributed by atoms with E-state index in [-0.39, 0.29) is 5.91 Å². The van der Waals surface area contributed by atoms with Crippen LogP contribution in [0, 0.1) is 6.92 Å². The van der Waals surface area contributed by atoms with E-state index in [1.54, 1.807) is 0 Å². The lowest BCUT2D eigenvalue weighted by Gasteiger charge is -2.45. The Hall–Kier alpha value is -1.65. The number of nitrogens with zero attached hydrogens (tertiary/aromatic N) is 3. The number of carbonyl (C=O) groups is 1. The lowest BCUT2D eigenvalue weighted by atomic mass is 9.86. The minimum absolute atomic E-state index is 0.143. The van der Waals surface area contributed by atoms with Gasteiger partial charge in [0.15, 0.2) is 0 Å². The fraction of sp³-hybridized carbons (Fsp3) is 0.706. The summed E-state index contributed by atoms with van der Waals surface area (Å²) in [6.07, 6.45) is 9.26. The summed E-state index contributed by atoms with van der Waals surface area (Å²) in [7, 11) is 0. The second-order valence-electron chi connectivity index (χ2n) is 6.88. The first-order valence-electron chi connectivity index (χ1n) is 8.65. The average molecular weight is 300 g/mol. The highest BCUT2D eigenvalue weighted by molar-refractivity contribution is 5.83. The number of aryl methyl sites for hydroxylation is 2. The van der Waals surface area contributed by atoms with E-state index in [0.29, 0.717) is 18.6 Å². The van der Waals surface area contributed by atoms with Crippen molar-refractivity contribution in [2.75, 3.05) is 11.4 Å². The Kier molecular flexibility index (Phi) is 3.51. The van der Waals surface area contributed by atoms with E-state index in [1.165, 1.54) is 36.9 Å². The Labute approximate surface area is 131 Å². The minimum atomic E-state index is 0.143. The molecule has 1 amide bonds. The largest absolute Gasteiger partial charge is 0.350 e. The van der Waals surface area contributed by atoms with Crippen molar-refractivity contribution in [1.82, 2.24) is 15.3 Å². The summed E-state index contributed by atoms with van der Waals surface area (Å²) in [5.74, 6) is 2.03. The number of hydrogen-bond acceptors (Lipinski definition) is 4. The van der Waals surface area contributed by atoms with Gasteiger partial charge in [-0.05, 0) is 45.4 Å². The van der Waals surface area contributed by atoms with Gasteiger partial charge in [0.2, 0.25) is 5.91 Å². The van der Waals surface area contributed by atoms with Gasteiger partial charge < -0.3 is 10.2 Å². The van der Waals surface area contributed by atoms with Crippen LogP contribution in [0.3, 0.4) is 0 Å². The van der Waals surface area contributed by atoms with Crippen LogP contribution in [0.15, 0.2) is 0 Å². The van der Waals surface area contributed by atoms with Gasteiger partial charge in [-0.1, -0.05) is 12.8 Å². The molecule has 1 N–H and O–H groups in total. The lowest BCUT2D eigenvalue weighted by molar-refractivity contribution is -0.122. The molecule has 4 rings (SSSR count). The summed E-state index contributed by atoms with van der Waals surface area (Å²) < 4.78 is 0. The van der Waals surface area contributed by atoms with Crippen molar-refractivity contribution in [2.24, 2.45) is 0 Å². The first-order chi connectivity index (χ1) is 10.7. The first-order valence-corrected chi connectivity index (χ1v) is 8.65. The number of piperazine rings is 1. The highest BCUT2D eigenvalue weighted by Crippen LogP contribution is 2.34. The fourth-order valence-corrected chi connectivity index (χ4v) is 4.34. The van der Waals surface area contributed by atoms with Crippen LogP contribution in [0.2, 0.25) is 0 Å². The maximum absolute atomic E-state index is 12.2. The number of rotatable bonds is 1. The third-order valence-electron chi connectivity index (χ3n) is 5.34. The predicted molar refractivity (Wildman–Crippen MR) is 84.9 cm³/mol. The summed E-state index contributed by atoms with van der Waals surface area (Å²) >= 11 is 0. The van der Waals surface area contributed by atoms with E-state index >= 15 is 0 Å². The van der Waals surface area contributed by atoms with Crippen LogP contribution in [-0.2, 0) is 17.6 Å². The van der Waals surface area contributed by atoms with Gasteiger partial charge in [0.05, 0.1) is 12.6 Å². The van der Waals surface area contributed by atoms with Crippen molar-refractivity contribution < 1.29 is 4.79 Å². The molecule has 0 bridgehead atoms. The maximum atomic E-state index is 12.2. The van der Waals surface area contributed by atoms with E-state index in [0.717, 1.165) is 37.3 Å². The quantitative estimate of drug-likeness (QED) is 0.861. The fourth-order valence-electron chi connectivity index (χ4n) is 4.34. The highest BCUT2D eigenvalue weighted by atomic mass is 16.2. The van der Waals surface area contributed by atoms with Crippen molar-refractivity contribution in [2.45, 2.75) is 70.4 Å². The molecular formula is C17H24N4O. The van der Waals surface area contributed by atoms with Crippen LogP contribution in [0.5, 0.6) is 0 Å². The molecule has 22 heavy (non-hydrogen) atoms. The zero-order chi connectivity index (χ0) is 15.1. The third-order valence-corrected chi connectivity index (χ3v) is 5.34. The molecule has 1 aromatic heterocycles. The monoisotopic (exact) mass is 300 g/mol. The minimum Gasteiger partial charge on any atom is -0.350 e. The molecule has 2 heterocycles. The van der Waals surface area contributed by atoms with Crippen LogP contribution in [0.1, 0.15) is 55.6 Å². The molecule has 2 atom stereocenters. The number of anilines is 1. The van der Waals surface area contributed by atoms with Crippen molar-refractivity contribution in [3.05, 3.63) is 17.1 Å². The molecule has 118 valence electrons. The Balaban J connectivity index is 1.76. The number of hydrogen-bond donors (Lipinski definition) is 1. The van der Waals surface area contributed by atoms with Gasteiger partial charge in [-0.15, -0.1) is 0 Å². The summed E-state index contributed by atoms with van der Waals surface area (Å²) in [6, 6.07) is 0.705. The summed E-state index contributed by atoms with van der Waals surface area (Å²) in [6.45, 7) is 2.42. The standard InChI is InChI=1S/C17H24N4O/c1-11-18-13-7-3-2-6-12(13)17(19-11)21-10-16(22)20-14-8-4-5-9-15(14)21/h14-15H,2-10H2,1H3,(H,20,22). The van der Waals surface area contributed by atoms with E-state index < -0.39 is 0 Å². The number of amides is 1. The van der Waals surface area contributed by atoms with Crippen molar-refractivity contribution in [1.29, 1.82) is 0 Å². The van der Waals surface area contributed by atoms with E-state index in [2.05, 4.69) is 15.2 Å². The summed E-state index contributed by atoms with van der Waals surface area (Å²) in [5.41, 5.74) is 2.52. The second-order valence-corrected chi connectivity index (χ2v) is 6.88. The Bertz CT molecular complexity index is 601. The molecule has 5 nitrogen and oxygen atoms in total. The van der Waals surface area contributed by atoms with E-state index in [9.17, 15) is 4.79 Å². The van der Waals surface area contributed by atoms with Crippen molar-refractivity contribution >= 4 is 11.7 Å². The molecule has 1 saturated carbocycles. The van der Waals surface area contributed by atoms with Gasteiger partial charge >= 0.3 is 0 Å². The Morgan fingerprint density at radius 3 is 2.82 bits per heavy atom. The molecule has 0 spiro atoms. The molecule has 1 aromatic rings. The maximum Gasteiger partial charge on any atom is 0.239 e. The zero-order valence-corrected chi connectivity index (χ0v) is 13.3. The molecule has 1 saturated heterocycles. The Morgan fingerprint density at radius 2 is 1.91 bits per heavy atom. The molecule has 3 aliphatic rings. The van der Waals surface area contributed by atoms with Crippen molar-refractivity contribution in [3.63, 3.8) is 0 Å². The van der Waals surface area contributed by atoms with Crippen molar-refractivity contribution in [3.8, 4) is 0 Å². The molecule has 1 aliphatic heterocycles. The van der Waals surface area contributed by atoms with Crippen LogP contribution >= 0.6 is 0 Å². The molecule has 0 aromatic carbocycles. The summed E-state index contributed by atoms with van der Waals surface area (Å²) in [4.78, 5) is 23.9. The Morgan fingerprint density at radius 1 is 1.09 bits per heavy atom. The third kappa shape index (κ3) is 2.36. The van der Waals surface area contributed by atoms with E-state index in [4.69, 9.17) is 4.98 Å². The molecule has 2 unspecified atom stereocenters. The smallest absolute Gasteiger partial charge is 0.239 e. The van der Waals surface area contributed by atoms with Gasteiger partial charge in [-0.3, -0.25) is 4.79 Å². The van der Waals surface area contributed by atoms with Crippen LogP contribution in [0.25, 0.3) is 0 Å². The molecule has 0 radical (unpaired) electrons. The molecule has 5 heteroatoms. The van der Waals surface area contributed by atoms with Crippen LogP contribution in [-0.4, -0.2) is 34.5 Å². The van der Waals surface area contributed by atoms with Crippen LogP contribution in [0.4, 0.5) is 5.82 Å². The second kappa shape index (κ2) is 5.52. The van der Waals surface area contributed by atoms with Gasteiger partial charge in [-0.2, -0.15) is 0 Å². The normalized spacial score (nSPS) is 27.9. The number of aromatic nitrogens is 2. The topological polar surface area (TPSA) is 58.1 Å². The molecular weight excluding hydrogens is 276 g/mol. The van der Waals surface area contributed by atoms with Gasteiger partial charge in [0.1, 0.15) is 11.6 Å². The predicted octanol–water partition coefficient (Wildman–Crippen LogP) is 1.91. The van der Waals surface area contributed by atoms with E-state index in [1.807, 2.05) is 6.92 Å². The SMILES string of the molecule is Cc1nc2c(c(N3CC(=O)NC4CCCCC43)n1)CCCC2. The molecule has 2 fully saturated rings. The number of carbonyl (C=O) groups excluding carboxylic acids is 1. The lowest BCUT2D eigenvalue weighted by Crippen LogP contribution is -2.62. The highest BCUT2D eigenvalue weighted by Gasteiger charge is 2.38. The van der Waals surface area contributed by atoms with Gasteiger partial charge in [0.25, 0.3) is 0 Å². The number of nitrogens with one attached hydrogen (secondary N) is 1. The van der Waals surface area contributed by atoms with Gasteiger partial charge in [-0.25, -0.2) is 9.97 Å². The number of fused-ring (bicyclic) bond motifs is 2. The summed E-state index contributed by atoms with van der Waals surface area (Å²) in [5, 5.41) is 3.19. The van der Waals surface area contributed by atoms with Crippen LogP contribution < -0.4 is 10.2 Å². The average Bonchev–Trinajstić information content (AvgIpc) is 2.53. The first kappa shape index (κ1) is 14.0.